The molecule has 1 N–H and O–H groups in total. The van der Waals surface area contributed by atoms with Gasteiger partial charge in [-0.25, -0.2) is 13.1 Å². The smallest absolute Gasteiger partial charge is 0.307 e. The Labute approximate surface area is 152 Å². The standard InChI is InChI=1S/C18H18ClNO4S/c19-17-8-6-16(7-9-17)14-24-18(21)10-12-20-25(22,23)13-11-15-4-2-1-3-5-15/h1-9,11,13,20H,10,12,14H2/b13-11+. The van der Waals surface area contributed by atoms with Gasteiger partial charge in [0.1, 0.15) is 6.61 Å². The summed E-state index contributed by atoms with van der Waals surface area (Å²) in [6, 6.07) is 16.0. The van der Waals surface area contributed by atoms with Crippen LogP contribution in [0.15, 0.2) is 60.0 Å². The van der Waals surface area contributed by atoms with E-state index in [0.29, 0.717) is 5.02 Å². The molecule has 0 unspecified atom stereocenters. The van der Waals surface area contributed by atoms with Crippen LogP contribution in [-0.4, -0.2) is 20.9 Å². The fourth-order valence-electron chi connectivity index (χ4n) is 1.89. The summed E-state index contributed by atoms with van der Waals surface area (Å²) in [6.07, 6.45) is 1.44. The van der Waals surface area contributed by atoms with Crippen molar-refractivity contribution < 1.29 is 17.9 Å². The second-order valence-corrected chi connectivity index (χ2v) is 7.28. The van der Waals surface area contributed by atoms with Crippen molar-refractivity contribution in [3.05, 3.63) is 76.2 Å². The Bertz CT molecular complexity index is 818. The first-order valence-corrected chi connectivity index (χ1v) is 9.50. The molecule has 0 aliphatic carbocycles. The molecule has 25 heavy (non-hydrogen) atoms. The maximum Gasteiger partial charge on any atom is 0.307 e. The normalized spacial score (nSPS) is 11.6. The molecule has 0 spiro atoms. The molecule has 0 bridgehead atoms. The van der Waals surface area contributed by atoms with Crippen molar-refractivity contribution in [2.24, 2.45) is 0 Å². The third kappa shape index (κ3) is 7.51. The third-order valence-electron chi connectivity index (χ3n) is 3.18. The molecular formula is C18H18ClNO4S. The second kappa shape index (κ2) is 9.36. The van der Waals surface area contributed by atoms with Crippen LogP contribution in [0, 0.1) is 0 Å². The van der Waals surface area contributed by atoms with E-state index in [9.17, 15) is 13.2 Å². The highest BCUT2D eigenvalue weighted by atomic mass is 35.5. The number of rotatable bonds is 8. The van der Waals surface area contributed by atoms with Gasteiger partial charge in [-0.15, -0.1) is 0 Å². The number of ether oxygens (including phenoxy) is 1. The van der Waals surface area contributed by atoms with Gasteiger partial charge in [0.2, 0.25) is 10.0 Å². The Morgan fingerprint density at radius 3 is 2.44 bits per heavy atom. The minimum Gasteiger partial charge on any atom is -0.461 e. The molecule has 0 radical (unpaired) electrons. The molecule has 0 amide bonds. The van der Waals surface area contributed by atoms with Gasteiger partial charge in [-0.1, -0.05) is 54.1 Å². The fourth-order valence-corrected chi connectivity index (χ4v) is 2.84. The Kier molecular flexibility index (Phi) is 7.18. The van der Waals surface area contributed by atoms with E-state index < -0.39 is 16.0 Å². The molecule has 2 rings (SSSR count). The molecule has 7 heteroatoms. The van der Waals surface area contributed by atoms with Gasteiger partial charge < -0.3 is 4.74 Å². The van der Waals surface area contributed by atoms with Crippen LogP contribution in [0.25, 0.3) is 6.08 Å². The number of halogens is 1. The quantitative estimate of drug-likeness (QED) is 0.714. The molecule has 132 valence electrons. The van der Waals surface area contributed by atoms with Gasteiger partial charge in [0.15, 0.2) is 0 Å². The average Bonchev–Trinajstić information content (AvgIpc) is 2.60. The maximum absolute atomic E-state index is 11.8. The molecule has 0 saturated heterocycles. The molecule has 0 aromatic heterocycles. The molecule has 5 nitrogen and oxygen atoms in total. The lowest BCUT2D eigenvalue weighted by Gasteiger charge is -2.06. The van der Waals surface area contributed by atoms with Gasteiger partial charge in [-0.05, 0) is 29.3 Å². The van der Waals surface area contributed by atoms with Crippen LogP contribution in [-0.2, 0) is 26.2 Å². The first kappa shape index (κ1) is 19.2. The first-order chi connectivity index (χ1) is 11.9. The highest BCUT2D eigenvalue weighted by molar-refractivity contribution is 7.92. The van der Waals surface area contributed by atoms with Gasteiger partial charge >= 0.3 is 5.97 Å². The van der Waals surface area contributed by atoms with Crippen LogP contribution in [0.4, 0.5) is 0 Å². The number of esters is 1. The molecule has 0 aliphatic rings. The summed E-state index contributed by atoms with van der Waals surface area (Å²) in [5.41, 5.74) is 1.58. The van der Waals surface area contributed by atoms with E-state index >= 15 is 0 Å². The minimum absolute atomic E-state index is 0.0269. The molecule has 0 heterocycles. The van der Waals surface area contributed by atoms with E-state index in [4.69, 9.17) is 16.3 Å². The number of benzene rings is 2. The summed E-state index contributed by atoms with van der Waals surface area (Å²) >= 11 is 5.77. The van der Waals surface area contributed by atoms with Crippen LogP contribution in [0.5, 0.6) is 0 Å². The summed E-state index contributed by atoms with van der Waals surface area (Å²) in [5, 5.41) is 1.68. The maximum atomic E-state index is 11.8. The number of nitrogens with one attached hydrogen (secondary N) is 1. The number of carbonyl (C=O) groups excluding carboxylic acids is 1. The molecule has 0 atom stereocenters. The third-order valence-corrected chi connectivity index (χ3v) is 4.54. The fraction of sp³-hybridized carbons (Fsp3) is 0.167. The zero-order valence-electron chi connectivity index (χ0n) is 13.4. The minimum atomic E-state index is -3.60. The second-order valence-electron chi connectivity index (χ2n) is 5.19. The lowest BCUT2D eigenvalue weighted by Crippen LogP contribution is -2.24. The van der Waals surface area contributed by atoms with Crippen molar-refractivity contribution in [1.82, 2.24) is 4.72 Å². The van der Waals surface area contributed by atoms with E-state index in [1.54, 1.807) is 36.4 Å². The molecule has 0 aliphatic heterocycles. The average molecular weight is 380 g/mol. The van der Waals surface area contributed by atoms with Crippen molar-refractivity contribution in [3.63, 3.8) is 0 Å². The lowest BCUT2D eigenvalue weighted by atomic mass is 10.2. The summed E-state index contributed by atoms with van der Waals surface area (Å²) < 4.78 is 31.1. The van der Waals surface area contributed by atoms with Gasteiger partial charge in [0.25, 0.3) is 0 Å². The molecule has 0 fully saturated rings. The van der Waals surface area contributed by atoms with Gasteiger partial charge in [-0.2, -0.15) is 0 Å². The zero-order chi connectivity index (χ0) is 18.1. The highest BCUT2D eigenvalue weighted by Crippen LogP contribution is 2.10. The summed E-state index contributed by atoms with van der Waals surface area (Å²) in [4.78, 5) is 11.6. The Morgan fingerprint density at radius 1 is 1.08 bits per heavy atom. The number of sulfonamides is 1. The van der Waals surface area contributed by atoms with Crippen LogP contribution < -0.4 is 4.72 Å². The Hall–Kier alpha value is -2.15. The Balaban J connectivity index is 1.72. The van der Waals surface area contributed by atoms with Crippen molar-refractivity contribution in [2.75, 3.05) is 6.54 Å². The Morgan fingerprint density at radius 2 is 1.76 bits per heavy atom. The van der Waals surface area contributed by atoms with Crippen LogP contribution in [0.1, 0.15) is 17.5 Å². The van der Waals surface area contributed by atoms with E-state index in [1.165, 1.54) is 6.08 Å². The molecule has 2 aromatic carbocycles. The zero-order valence-corrected chi connectivity index (χ0v) is 15.0. The predicted molar refractivity (Wildman–Crippen MR) is 98.3 cm³/mol. The van der Waals surface area contributed by atoms with Gasteiger partial charge in [0.05, 0.1) is 6.42 Å². The number of hydrogen-bond donors (Lipinski definition) is 1. The molecule has 0 saturated carbocycles. The van der Waals surface area contributed by atoms with E-state index in [0.717, 1.165) is 16.5 Å². The lowest BCUT2D eigenvalue weighted by molar-refractivity contribution is -0.144. The molecular weight excluding hydrogens is 362 g/mol. The van der Waals surface area contributed by atoms with Crippen molar-refractivity contribution in [3.8, 4) is 0 Å². The van der Waals surface area contributed by atoms with Gasteiger partial charge in [0, 0.05) is 17.0 Å². The monoisotopic (exact) mass is 379 g/mol. The van der Waals surface area contributed by atoms with Gasteiger partial charge in [-0.3, -0.25) is 4.79 Å². The van der Waals surface area contributed by atoms with Crippen LogP contribution >= 0.6 is 11.6 Å². The number of hydrogen-bond acceptors (Lipinski definition) is 4. The topological polar surface area (TPSA) is 72.5 Å². The number of carbonyl (C=O) groups is 1. The van der Waals surface area contributed by atoms with E-state index in [1.807, 2.05) is 18.2 Å². The summed E-state index contributed by atoms with van der Waals surface area (Å²) in [6.45, 7) is 0.0948. The van der Waals surface area contributed by atoms with E-state index in [-0.39, 0.29) is 19.6 Å². The predicted octanol–water partition coefficient (Wildman–Crippen LogP) is 3.36. The highest BCUT2D eigenvalue weighted by Gasteiger charge is 2.08. The molecule has 2 aromatic rings. The van der Waals surface area contributed by atoms with E-state index in [2.05, 4.69) is 4.72 Å². The summed E-state index contributed by atoms with van der Waals surface area (Å²) in [7, 11) is -3.60. The largest absolute Gasteiger partial charge is 0.461 e. The van der Waals surface area contributed by atoms with Crippen molar-refractivity contribution >= 4 is 33.7 Å². The SMILES string of the molecule is O=C(CCNS(=O)(=O)/C=C/c1ccccc1)OCc1ccc(Cl)cc1. The first-order valence-electron chi connectivity index (χ1n) is 7.57. The van der Waals surface area contributed by atoms with Crippen molar-refractivity contribution in [1.29, 1.82) is 0 Å². The van der Waals surface area contributed by atoms with Crippen molar-refractivity contribution in [2.45, 2.75) is 13.0 Å². The summed E-state index contributed by atoms with van der Waals surface area (Å²) in [5.74, 6) is -0.482. The van der Waals surface area contributed by atoms with Crippen LogP contribution in [0.2, 0.25) is 5.02 Å². The van der Waals surface area contributed by atoms with Crippen LogP contribution in [0.3, 0.4) is 0 Å².